The van der Waals surface area contributed by atoms with Crippen molar-refractivity contribution < 1.29 is 33.7 Å². The summed E-state index contributed by atoms with van der Waals surface area (Å²) in [4.78, 5) is -3.86. The van der Waals surface area contributed by atoms with Crippen LogP contribution in [0.15, 0.2) is 31.7 Å². The second kappa shape index (κ2) is 4.25. The summed E-state index contributed by atoms with van der Waals surface area (Å²) in [5.41, 5.74) is 0. The van der Waals surface area contributed by atoms with E-state index in [0.717, 1.165) is 12.1 Å². The van der Waals surface area contributed by atoms with Gasteiger partial charge in [0.1, 0.15) is 20.0 Å². The van der Waals surface area contributed by atoms with E-state index in [1.165, 1.54) is 0 Å². The molecule has 0 fully saturated rings. The predicted octanol–water partition coefficient (Wildman–Crippen LogP) is -0.742. The lowest BCUT2D eigenvalue weighted by Gasteiger charge is -2.10. The van der Waals surface area contributed by atoms with Gasteiger partial charge in [-0.2, -0.15) is 0 Å². The number of nitrogens with zero attached hydrogens (tertiary/aromatic N) is 1. The van der Waals surface area contributed by atoms with Gasteiger partial charge in [0.15, 0.2) is 19.7 Å². The molecule has 0 saturated heterocycles. The van der Waals surface area contributed by atoms with Crippen molar-refractivity contribution in [3.05, 3.63) is 16.3 Å². The largest absolute Gasteiger partial charge is 0.427 e. The molecule has 2 rings (SSSR count). The molecular formula is C8H8NO8S4-. The highest BCUT2D eigenvalue weighted by Crippen LogP contribution is 2.45. The van der Waals surface area contributed by atoms with Crippen LogP contribution in [0.25, 0.3) is 4.13 Å². The molecule has 0 N–H and O–H groups in total. The van der Waals surface area contributed by atoms with Crippen molar-refractivity contribution in [2.45, 2.75) is 19.6 Å². The fourth-order valence-corrected chi connectivity index (χ4v) is 8.57. The van der Waals surface area contributed by atoms with Crippen molar-refractivity contribution >= 4 is 39.7 Å². The first-order valence-corrected chi connectivity index (χ1v) is 11.7. The minimum absolute atomic E-state index is 0.670. The van der Waals surface area contributed by atoms with Crippen molar-refractivity contribution in [1.29, 1.82) is 0 Å². The molecule has 118 valence electrons. The van der Waals surface area contributed by atoms with E-state index in [4.69, 9.17) is 0 Å². The Morgan fingerprint density at radius 2 is 1.05 bits per heavy atom. The third-order valence-electron chi connectivity index (χ3n) is 2.55. The maximum absolute atomic E-state index is 11.8. The topological polar surface area (TPSA) is 151 Å². The molecular weight excluding hydrogens is 366 g/mol. The van der Waals surface area contributed by atoms with Crippen LogP contribution in [-0.4, -0.2) is 46.2 Å². The Kier molecular flexibility index (Phi) is 3.31. The molecule has 0 saturated carbocycles. The van der Waals surface area contributed by atoms with Gasteiger partial charge in [-0.05, 0) is 12.1 Å². The highest BCUT2D eigenvalue weighted by atomic mass is 32.3. The molecule has 0 unspecified atom stereocenters. The van der Waals surface area contributed by atoms with Crippen LogP contribution in [0.5, 0.6) is 0 Å². The van der Waals surface area contributed by atoms with Crippen LogP contribution in [0.1, 0.15) is 0 Å². The van der Waals surface area contributed by atoms with E-state index < -0.39 is 59.3 Å². The van der Waals surface area contributed by atoms with E-state index in [0.29, 0.717) is 12.5 Å². The lowest BCUT2D eigenvalue weighted by atomic mass is 10.3. The number of benzene rings is 1. The molecule has 0 atom stereocenters. The highest BCUT2D eigenvalue weighted by Gasteiger charge is 2.37. The molecule has 1 aromatic rings. The number of rotatable bonds is 2. The zero-order chi connectivity index (χ0) is 16.4. The number of sulfone groups is 2. The Morgan fingerprint density at radius 3 is 1.29 bits per heavy atom. The molecule has 13 heteroatoms. The standard InChI is InChI=1S/C8H8NO8S4/c1-18(10,11)5-3-4-6(19(2,12)13)8-7(5)20(14,15)9-21(8,16)17/h3-4H,1-2H3/q-1. The summed E-state index contributed by atoms with van der Waals surface area (Å²) in [6.07, 6.45) is 1.34. The maximum atomic E-state index is 11.8. The van der Waals surface area contributed by atoms with Gasteiger partial charge in [0.2, 0.25) is 0 Å². The SMILES string of the molecule is CS(=O)(=O)c1ccc(S(C)(=O)=O)c2c1S(=O)(=O)[N-]S2(=O)=O. The smallest absolute Gasteiger partial charge is 0.176 e. The van der Waals surface area contributed by atoms with Gasteiger partial charge in [0, 0.05) is 12.5 Å². The molecule has 9 nitrogen and oxygen atoms in total. The quantitative estimate of drug-likeness (QED) is 0.656. The van der Waals surface area contributed by atoms with Crippen LogP contribution in [0.3, 0.4) is 0 Å². The molecule has 1 heterocycles. The summed E-state index contributed by atoms with van der Waals surface area (Å²) in [6.45, 7) is 0. The zero-order valence-corrected chi connectivity index (χ0v) is 13.8. The second-order valence-electron chi connectivity index (χ2n) is 4.29. The van der Waals surface area contributed by atoms with Crippen LogP contribution in [0.2, 0.25) is 0 Å². The first-order chi connectivity index (χ1) is 9.18. The third-order valence-corrected chi connectivity index (χ3v) is 8.67. The summed E-state index contributed by atoms with van der Waals surface area (Å²) < 4.78 is 96.2. The summed E-state index contributed by atoms with van der Waals surface area (Å²) in [7, 11) is -17.9. The van der Waals surface area contributed by atoms with Gasteiger partial charge in [-0.25, -0.2) is 33.7 Å². The summed E-state index contributed by atoms with van der Waals surface area (Å²) in [5, 5.41) is 0. The average Bonchev–Trinajstić information content (AvgIpc) is 2.41. The second-order valence-corrected chi connectivity index (χ2v) is 11.6. The zero-order valence-electron chi connectivity index (χ0n) is 10.5. The van der Waals surface area contributed by atoms with Crippen molar-refractivity contribution in [3.63, 3.8) is 0 Å². The fourth-order valence-electron chi connectivity index (χ4n) is 1.80. The van der Waals surface area contributed by atoms with E-state index in [1.807, 2.05) is 0 Å². The van der Waals surface area contributed by atoms with Crippen molar-refractivity contribution in [2.75, 3.05) is 12.5 Å². The van der Waals surface area contributed by atoms with E-state index in [2.05, 4.69) is 4.13 Å². The summed E-state index contributed by atoms with van der Waals surface area (Å²) in [6, 6.07) is 1.47. The highest BCUT2D eigenvalue weighted by molar-refractivity contribution is 8.15. The minimum Gasteiger partial charge on any atom is -0.427 e. The summed E-state index contributed by atoms with van der Waals surface area (Å²) >= 11 is 0. The normalized spacial score (nSPS) is 20.1. The molecule has 0 aromatic heterocycles. The van der Waals surface area contributed by atoms with E-state index in [9.17, 15) is 33.7 Å². The first kappa shape index (κ1) is 16.4. The van der Waals surface area contributed by atoms with Crippen molar-refractivity contribution in [2.24, 2.45) is 0 Å². The lowest BCUT2D eigenvalue weighted by Crippen LogP contribution is -2.09. The van der Waals surface area contributed by atoms with Crippen molar-refractivity contribution in [1.82, 2.24) is 0 Å². The van der Waals surface area contributed by atoms with Crippen molar-refractivity contribution in [3.8, 4) is 0 Å². The molecule has 21 heavy (non-hydrogen) atoms. The Hall–Kier alpha value is -1.02. The Morgan fingerprint density at radius 1 is 0.762 bits per heavy atom. The van der Waals surface area contributed by atoms with Crippen LogP contribution in [0, 0.1) is 0 Å². The summed E-state index contributed by atoms with van der Waals surface area (Å²) in [5.74, 6) is 0. The molecule has 0 bridgehead atoms. The number of sulfonamides is 2. The number of fused-ring (bicyclic) bond motifs is 1. The van der Waals surface area contributed by atoms with Gasteiger partial charge >= 0.3 is 0 Å². The minimum atomic E-state index is -4.82. The van der Waals surface area contributed by atoms with Gasteiger partial charge in [-0.15, -0.1) is 0 Å². The molecule has 0 aliphatic carbocycles. The van der Waals surface area contributed by atoms with Gasteiger partial charge in [-0.1, -0.05) is 0 Å². The number of hydrogen-bond acceptors (Lipinski definition) is 8. The molecule has 0 spiro atoms. The first-order valence-electron chi connectivity index (χ1n) is 4.99. The molecule has 0 amide bonds. The monoisotopic (exact) mass is 374 g/mol. The molecule has 1 aromatic carbocycles. The van der Waals surface area contributed by atoms with Gasteiger partial charge in [0.05, 0.1) is 19.6 Å². The van der Waals surface area contributed by atoms with Gasteiger partial charge < -0.3 is 4.13 Å². The Balaban J connectivity index is 3.22. The average molecular weight is 374 g/mol. The van der Waals surface area contributed by atoms with Crippen LogP contribution >= 0.6 is 0 Å². The Bertz CT molecular complexity index is 974. The van der Waals surface area contributed by atoms with E-state index in [1.54, 1.807) is 0 Å². The van der Waals surface area contributed by atoms with Crippen LogP contribution in [0.4, 0.5) is 0 Å². The van der Waals surface area contributed by atoms with Gasteiger partial charge in [-0.3, -0.25) is 0 Å². The maximum Gasteiger partial charge on any atom is 0.176 e. The third kappa shape index (κ3) is 2.59. The van der Waals surface area contributed by atoms with Crippen LogP contribution < -0.4 is 0 Å². The van der Waals surface area contributed by atoms with Crippen LogP contribution in [-0.2, 0) is 39.7 Å². The molecule has 0 radical (unpaired) electrons. The van der Waals surface area contributed by atoms with E-state index in [-0.39, 0.29) is 0 Å². The van der Waals surface area contributed by atoms with E-state index >= 15 is 0 Å². The fraction of sp³-hybridized carbons (Fsp3) is 0.250. The molecule has 1 aliphatic rings. The Labute approximate surface area is 121 Å². The number of hydrogen-bond donors (Lipinski definition) is 0. The molecule has 1 aliphatic heterocycles. The van der Waals surface area contributed by atoms with Gasteiger partial charge in [0.25, 0.3) is 0 Å². The predicted molar refractivity (Wildman–Crippen MR) is 70.4 cm³/mol. The lowest BCUT2D eigenvalue weighted by molar-refractivity contribution is 0.580.